The summed E-state index contributed by atoms with van der Waals surface area (Å²) in [6.45, 7) is -0.411. The van der Waals surface area contributed by atoms with E-state index in [1.807, 2.05) is 6.07 Å². The third kappa shape index (κ3) is 5.13. The molecule has 0 aromatic heterocycles. The summed E-state index contributed by atoms with van der Waals surface area (Å²) in [5.74, 6) is -1.02. The van der Waals surface area contributed by atoms with Crippen molar-refractivity contribution in [2.24, 2.45) is 0 Å². The molecule has 116 valence electrons. The van der Waals surface area contributed by atoms with E-state index in [1.54, 1.807) is 48.5 Å². The Balaban J connectivity index is 1.83. The van der Waals surface area contributed by atoms with Crippen LogP contribution >= 0.6 is 11.6 Å². The molecule has 2 aromatic rings. The second kappa shape index (κ2) is 7.97. The van der Waals surface area contributed by atoms with Crippen LogP contribution in [0.15, 0.2) is 48.5 Å². The number of hydrogen-bond acceptors (Lipinski definition) is 4. The molecule has 0 aliphatic carbocycles. The third-order valence-electron chi connectivity index (χ3n) is 2.95. The van der Waals surface area contributed by atoms with Gasteiger partial charge in [-0.2, -0.15) is 5.26 Å². The molecule has 2 aromatic carbocycles. The summed E-state index contributed by atoms with van der Waals surface area (Å²) in [6.07, 6.45) is 0.0548. The van der Waals surface area contributed by atoms with E-state index in [-0.39, 0.29) is 6.42 Å². The summed E-state index contributed by atoms with van der Waals surface area (Å²) in [6, 6.07) is 15.3. The first kappa shape index (κ1) is 16.5. The highest BCUT2D eigenvalue weighted by Gasteiger charge is 2.10. The molecule has 0 spiro atoms. The van der Waals surface area contributed by atoms with Crippen LogP contribution in [0.2, 0.25) is 5.02 Å². The minimum atomic E-state index is -0.518. The van der Waals surface area contributed by atoms with Crippen LogP contribution in [0.5, 0.6) is 0 Å². The summed E-state index contributed by atoms with van der Waals surface area (Å²) in [5, 5.41) is 12.1. The number of nitriles is 1. The zero-order valence-electron chi connectivity index (χ0n) is 12.1. The maximum atomic E-state index is 11.8. The summed E-state index contributed by atoms with van der Waals surface area (Å²) in [5.41, 5.74) is 1.47. The van der Waals surface area contributed by atoms with E-state index in [2.05, 4.69) is 5.32 Å². The van der Waals surface area contributed by atoms with Gasteiger partial charge in [-0.05, 0) is 29.8 Å². The maximum absolute atomic E-state index is 11.8. The van der Waals surface area contributed by atoms with Crippen molar-refractivity contribution in [3.05, 3.63) is 64.7 Å². The van der Waals surface area contributed by atoms with E-state index in [4.69, 9.17) is 21.6 Å². The number of benzene rings is 2. The minimum Gasteiger partial charge on any atom is -0.455 e. The number of halogens is 1. The Morgan fingerprint density at radius 2 is 1.83 bits per heavy atom. The van der Waals surface area contributed by atoms with Crippen LogP contribution in [0.3, 0.4) is 0 Å². The average molecular weight is 329 g/mol. The fraction of sp³-hybridized carbons (Fsp3) is 0.118. The predicted octanol–water partition coefficient (Wildman–Crippen LogP) is 2.94. The van der Waals surface area contributed by atoms with Gasteiger partial charge >= 0.3 is 5.97 Å². The van der Waals surface area contributed by atoms with E-state index < -0.39 is 18.5 Å². The van der Waals surface area contributed by atoms with Crippen molar-refractivity contribution in [3.63, 3.8) is 0 Å². The molecule has 0 saturated carbocycles. The maximum Gasteiger partial charge on any atom is 0.310 e. The van der Waals surface area contributed by atoms with Crippen LogP contribution in [-0.2, 0) is 20.7 Å². The molecule has 6 heteroatoms. The SMILES string of the molecule is N#Cc1ccccc1NC(=O)COC(=O)Cc1ccc(Cl)cc1. The Morgan fingerprint density at radius 3 is 2.52 bits per heavy atom. The van der Waals surface area contributed by atoms with Crippen LogP contribution in [0.25, 0.3) is 0 Å². The molecule has 5 nitrogen and oxygen atoms in total. The number of ether oxygens (including phenoxy) is 1. The molecule has 0 aliphatic rings. The second-order valence-electron chi connectivity index (χ2n) is 4.67. The van der Waals surface area contributed by atoms with Gasteiger partial charge in [0, 0.05) is 5.02 Å². The van der Waals surface area contributed by atoms with E-state index in [1.165, 1.54) is 0 Å². The van der Waals surface area contributed by atoms with Crippen LogP contribution in [0.1, 0.15) is 11.1 Å². The number of nitrogens with one attached hydrogen (secondary N) is 1. The molecule has 0 fully saturated rings. The zero-order valence-corrected chi connectivity index (χ0v) is 12.8. The van der Waals surface area contributed by atoms with Crippen molar-refractivity contribution in [1.82, 2.24) is 0 Å². The Hall–Kier alpha value is -2.84. The molecule has 1 N–H and O–H groups in total. The van der Waals surface area contributed by atoms with E-state index in [9.17, 15) is 9.59 Å². The number of amides is 1. The number of anilines is 1. The summed E-state index contributed by atoms with van der Waals surface area (Å²) in [4.78, 5) is 23.5. The number of carbonyl (C=O) groups excluding carboxylic acids is 2. The lowest BCUT2D eigenvalue weighted by molar-refractivity contribution is -0.146. The Morgan fingerprint density at radius 1 is 1.13 bits per heavy atom. The molecular weight excluding hydrogens is 316 g/mol. The fourth-order valence-electron chi connectivity index (χ4n) is 1.84. The molecule has 2 rings (SSSR count). The lowest BCUT2D eigenvalue weighted by Gasteiger charge is -2.08. The summed E-state index contributed by atoms with van der Waals surface area (Å²) in [7, 11) is 0. The van der Waals surface area contributed by atoms with Gasteiger partial charge in [0.25, 0.3) is 5.91 Å². The Bertz CT molecular complexity index is 751. The van der Waals surface area contributed by atoms with Crippen molar-refractivity contribution in [1.29, 1.82) is 5.26 Å². The summed E-state index contributed by atoms with van der Waals surface area (Å²) < 4.78 is 4.92. The first-order valence-electron chi connectivity index (χ1n) is 6.77. The van der Waals surface area contributed by atoms with E-state index >= 15 is 0 Å². The van der Waals surface area contributed by atoms with Crippen LogP contribution < -0.4 is 5.32 Å². The highest BCUT2D eigenvalue weighted by molar-refractivity contribution is 6.30. The first-order valence-corrected chi connectivity index (χ1v) is 7.15. The lowest BCUT2D eigenvalue weighted by atomic mass is 10.1. The molecule has 0 aliphatic heterocycles. The van der Waals surface area contributed by atoms with Gasteiger partial charge in [-0.25, -0.2) is 0 Å². The third-order valence-corrected chi connectivity index (χ3v) is 3.20. The largest absolute Gasteiger partial charge is 0.455 e. The molecular formula is C17H13ClN2O3. The highest BCUT2D eigenvalue weighted by Crippen LogP contribution is 2.13. The fourth-order valence-corrected chi connectivity index (χ4v) is 1.97. The monoisotopic (exact) mass is 328 g/mol. The molecule has 0 radical (unpaired) electrons. The van der Waals surface area contributed by atoms with E-state index in [0.717, 1.165) is 5.56 Å². The smallest absolute Gasteiger partial charge is 0.310 e. The normalized spacial score (nSPS) is 9.74. The van der Waals surface area contributed by atoms with Gasteiger partial charge in [-0.1, -0.05) is 35.9 Å². The van der Waals surface area contributed by atoms with Crippen molar-refractivity contribution in [2.45, 2.75) is 6.42 Å². The first-order chi connectivity index (χ1) is 11.1. The van der Waals surface area contributed by atoms with Gasteiger partial charge in [0.15, 0.2) is 6.61 Å². The lowest BCUT2D eigenvalue weighted by Crippen LogP contribution is -2.22. The predicted molar refractivity (Wildman–Crippen MR) is 85.9 cm³/mol. The number of esters is 1. The van der Waals surface area contributed by atoms with Crippen molar-refractivity contribution >= 4 is 29.2 Å². The van der Waals surface area contributed by atoms with E-state index in [0.29, 0.717) is 16.3 Å². The van der Waals surface area contributed by atoms with Crippen molar-refractivity contribution in [2.75, 3.05) is 11.9 Å². The molecule has 0 saturated heterocycles. The van der Waals surface area contributed by atoms with Gasteiger partial charge in [-0.15, -0.1) is 0 Å². The Kier molecular flexibility index (Phi) is 5.73. The standard InChI is InChI=1S/C17H13ClN2O3/c18-14-7-5-12(6-8-14)9-17(22)23-11-16(21)20-15-4-2-1-3-13(15)10-19/h1-8H,9,11H2,(H,20,21). The van der Waals surface area contributed by atoms with Gasteiger partial charge in [0.1, 0.15) is 6.07 Å². The number of rotatable bonds is 5. The van der Waals surface area contributed by atoms with Crippen molar-refractivity contribution in [3.8, 4) is 6.07 Å². The molecule has 1 amide bonds. The van der Waals surface area contributed by atoms with Crippen LogP contribution in [0.4, 0.5) is 5.69 Å². The molecule has 0 unspecified atom stereocenters. The van der Waals surface area contributed by atoms with Gasteiger partial charge in [0.2, 0.25) is 0 Å². The highest BCUT2D eigenvalue weighted by atomic mass is 35.5. The Labute approximate surface area is 138 Å². The summed E-state index contributed by atoms with van der Waals surface area (Å²) >= 11 is 5.76. The molecule has 0 atom stereocenters. The molecule has 0 bridgehead atoms. The van der Waals surface area contributed by atoms with Gasteiger partial charge < -0.3 is 10.1 Å². The quantitative estimate of drug-likeness (QED) is 0.856. The topological polar surface area (TPSA) is 79.2 Å². The van der Waals surface area contributed by atoms with Crippen molar-refractivity contribution < 1.29 is 14.3 Å². The minimum absolute atomic E-state index is 0.0548. The number of carbonyl (C=O) groups is 2. The number of hydrogen-bond donors (Lipinski definition) is 1. The second-order valence-corrected chi connectivity index (χ2v) is 5.11. The molecule has 23 heavy (non-hydrogen) atoms. The van der Waals surface area contributed by atoms with Crippen LogP contribution in [-0.4, -0.2) is 18.5 Å². The zero-order chi connectivity index (χ0) is 16.7. The van der Waals surface area contributed by atoms with Gasteiger partial charge in [0.05, 0.1) is 17.7 Å². The number of nitrogens with zero attached hydrogens (tertiary/aromatic N) is 1. The van der Waals surface area contributed by atoms with Crippen LogP contribution in [0, 0.1) is 11.3 Å². The average Bonchev–Trinajstić information content (AvgIpc) is 2.55. The van der Waals surface area contributed by atoms with Gasteiger partial charge in [-0.3, -0.25) is 9.59 Å². The molecule has 0 heterocycles. The number of para-hydroxylation sites is 1.